The molecule has 2 nitrogen and oxygen atoms in total. The Morgan fingerprint density at radius 1 is 0.933 bits per heavy atom. The lowest BCUT2D eigenvalue weighted by atomic mass is 10.0. The highest BCUT2D eigenvalue weighted by Crippen LogP contribution is 2.27. The molecule has 0 radical (unpaired) electrons. The van der Waals surface area contributed by atoms with Crippen molar-refractivity contribution in [3.63, 3.8) is 0 Å². The maximum atomic E-state index is 9.50. The summed E-state index contributed by atoms with van der Waals surface area (Å²) in [5.41, 5.74) is 0. The summed E-state index contributed by atoms with van der Waals surface area (Å²) in [6.45, 7) is 4.64. The van der Waals surface area contributed by atoms with E-state index < -0.39 is 0 Å². The van der Waals surface area contributed by atoms with E-state index in [4.69, 9.17) is 0 Å². The standard InChI is InChI=1S/C13H25NO/c1-11-3-2-4-12(6-5-11)14-9-7-13(15)8-10-14/h11-13,15H,2-10H2,1H3/t11-,12?/m0/s1. The lowest BCUT2D eigenvalue weighted by molar-refractivity contribution is 0.0564. The van der Waals surface area contributed by atoms with Gasteiger partial charge in [-0.15, -0.1) is 0 Å². The van der Waals surface area contributed by atoms with Crippen LogP contribution in [0.3, 0.4) is 0 Å². The molecule has 2 atom stereocenters. The predicted octanol–water partition coefficient (Wildman–Crippen LogP) is 2.41. The van der Waals surface area contributed by atoms with Crippen LogP contribution in [0, 0.1) is 5.92 Å². The fourth-order valence-corrected chi connectivity index (χ4v) is 3.08. The number of nitrogens with zero attached hydrogens (tertiary/aromatic N) is 1. The Morgan fingerprint density at radius 3 is 2.40 bits per heavy atom. The van der Waals surface area contributed by atoms with Crippen molar-refractivity contribution in [1.82, 2.24) is 4.90 Å². The summed E-state index contributed by atoms with van der Waals surface area (Å²) in [5, 5.41) is 9.50. The van der Waals surface area contributed by atoms with Crippen LogP contribution < -0.4 is 0 Å². The Bertz CT molecular complexity index is 187. The summed E-state index contributed by atoms with van der Waals surface area (Å²) in [6.07, 6.45) is 8.98. The van der Waals surface area contributed by atoms with Gasteiger partial charge in [-0.2, -0.15) is 0 Å². The first-order chi connectivity index (χ1) is 7.25. The molecule has 1 aliphatic heterocycles. The minimum absolute atomic E-state index is 0.0223. The van der Waals surface area contributed by atoms with Gasteiger partial charge in [-0.05, 0) is 38.0 Å². The molecule has 1 heterocycles. The van der Waals surface area contributed by atoms with Crippen LogP contribution in [-0.4, -0.2) is 35.2 Å². The number of aliphatic hydroxyl groups excluding tert-OH is 1. The molecule has 1 saturated heterocycles. The van der Waals surface area contributed by atoms with Crippen molar-refractivity contribution in [2.45, 2.75) is 64.0 Å². The number of rotatable bonds is 1. The largest absolute Gasteiger partial charge is 0.393 e. The highest BCUT2D eigenvalue weighted by atomic mass is 16.3. The third-order valence-corrected chi connectivity index (χ3v) is 4.24. The molecular formula is C13H25NO. The fourth-order valence-electron chi connectivity index (χ4n) is 3.08. The van der Waals surface area contributed by atoms with E-state index in [1.807, 2.05) is 0 Å². The molecule has 0 spiro atoms. The van der Waals surface area contributed by atoms with Crippen molar-refractivity contribution >= 4 is 0 Å². The van der Waals surface area contributed by atoms with Gasteiger partial charge in [-0.3, -0.25) is 0 Å². The molecule has 1 aliphatic carbocycles. The summed E-state index contributed by atoms with van der Waals surface area (Å²) < 4.78 is 0. The van der Waals surface area contributed by atoms with E-state index in [0.29, 0.717) is 0 Å². The third-order valence-electron chi connectivity index (χ3n) is 4.24. The maximum absolute atomic E-state index is 9.50. The smallest absolute Gasteiger partial charge is 0.0564 e. The molecule has 2 aliphatic rings. The zero-order valence-corrected chi connectivity index (χ0v) is 9.99. The lowest BCUT2D eigenvalue weighted by Gasteiger charge is -2.35. The Kier molecular flexibility index (Phi) is 4.04. The van der Waals surface area contributed by atoms with Crippen LogP contribution >= 0.6 is 0 Å². The van der Waals surface area contributed by atoms with Crippen LogP contribution in [0.4, 0.5) is 0 Å². The van der Waals surface area contributed by atoms with Crippen molar-refractivity contribution in [2.75, 3.05) is 13.1 Å². The first-order valence-electron chi connectivity index (χ1n) is 6.68. The summed E-state index contributed by atoms with van der Waals surface area (Å²) >= 11 is 0. The number of hydrogen-bond acceptors (Lipinski definition) is 2. The van der Waals surface area contributed by atoms with Crippen LogP contribution in [0.2, 0.25) is 0 Å². The van der Waals surface area contributed by atoms with Crippen LogP contribution in [0.1, 0.15) is 51.9 Å². The van der Waals surface area contributed by atoms with Gasteiger partial charge >= 0.3 is 0 Å². The Hall–Kier alpha value is -0.0800. The summed E-state index contributed by atoms with van der Waals surface area (Å²) in [5.74, 6) is 0.936. The number of hydrogen-bond donors (Lipinski definition) is 1. The van der Waals surface area contributed by atoms with E-state index in [1.54, 1.807) is 0 Å². The van der Waals surface area contributed by atoms with Crippen molar-refractivity contribution in [1.29, 1.82) is 0 Å². The molecule has 0 amide bonds. The molecule has 0 aromatic heterocycles. The van der Waals surface area contributed by atoms with Crippen LogP contribution in [0.5, 0.6) is 0 Å². The van der Waals surface area contributed by atoms with Crippen molar-refractivity contribution < 1.29 is 5.11 Å². The zero-order valence-electron chi connectivity index (χ0n) is 9.99. The van der Waals surface area contributed by atoms with Gasteiger partial charge in [-0.1, -0.05) is 19.8 Å². The SMILES string of the molecule is C[C@H]1CCCC(N2CCC(O)CC2)CC1. The molecule has 0 bridgehead atoms. The van der Waals surface area contributed by atoms with Gasteiger partial charge in [-0.25, -0.2) is 0 Å². The molecule has 0 aromatic rings. The van der Waals surface area contributed by atoms with E-state index in [1.165, 1.54) is 32.1 Å². The molecule has 1 saturated carbocycles. The molecule has 0 aromatic carbocycles. The van der Waals surface area contributed by atoms with E-state index in [-0.39, 0.29) is 6.10 Å². The Balaban J connectivity index is 1.82. The number of piperidine rings is 1. The average Bonchev–Trinajstić information content (AvgIpc) is 2.44. The quantitative estimate of drug-likeness (QED) is 0.673. The van der Waals surface area contributed by atoms with Gasteiger partial charge in [0.25, 0.3) is 0 Å². The highest BCUT2D eigenvalue weighted by Gasteiger charge is 2.25. The first kappa shape index (κ1) is 11.4. The van der Waals surface area contributed by atoms with E-state index in [9.17, 15) is 5.11 Å². The molecule has 2 rings (SSSR count). The van der Waals surface area contributed by atoms with E-state index in [2.05, 4.69) is 11.8 Å². The molecule has 2 heteroatoms. The fraction of sp³-hybridized carbons (Fsp3) is 1.00. The van der Waals surface area contributed by atoms with Gasteiger partial charge in [0.15, 0.2) is 0 Å². The van der Waals surface area contributed by atoms with Crippen LogP contribution in [0.15, 0.2) is 0 Å². The molecule has 1 unspecified atom stereocenters. The second kappa shape index (κ2) is 5.31. The van der Waals surface area contributed by atoms with Gasteiger partial charge in [0.05, 0.1) is 6.10 Å². The van der Waals surface area contributed by atoms with Crippen LogP contribution in [-0.2, 0) is 0 Å². The van der Waals surface area contributed by atoms with E-state index >= 15 is 0 Å². The van der Waals surface area contributed by atoms with Gasteiger partial charge in [0, 0.05) is 19.1 Å². The zero-order chi connectivity index (χ0) is 10.7. The van der Waals surface area contributed by atoms with Gasteiger partial charge in [0.2, 0.25) is 0 Å². The van der Waals surface area contributed by atoms with Gasteiger partial charge in [0.1, 0.15) is 0 Å². The molecule has 2 fully saturated rings. The average molecular weight is 211 g/mol. The van der Waals surface area contributed by atoms with Crippen molar-refractivity contribution in [3.05, 3.63) is 0 Å². The normalized spacial score (nSPS) is 36.4. The molecule has 1 N–H and O–H groups in total. The number of aliphatic hydroxyl groups is 1. The minimum Gasteiger partial charge on any atom is -0.393 e. The summed E-state index contributed by atoms with van der Waals surface area (Å²) in [7, 11) is 0. The Labute approximate surface area is 93.7 Å². The predicted molar refractivity (Wildman–Crippen MR) is 62.9 cm³/mol. The molecule has 15 heavy (non-hydrogen) atoms. The Morgan fingerprint density at radius 2 is 1.67 bits per heavy atom. The van der Waals surface area contributed by atoms with Gasteiger partial charge < -0.3 is 10.0 Å². The molecular weight excluding hydrogens is 186 g/mol. The maximum Gasteiger partial charge on any atom is 0.0564 e. The highest BCUT2D eigenvalue weighted by molar-refractivity contribution is 4.80. The molecule has 88 valence electrons. The second-order valence-corrected chi connectivity index (χ2v) is 5.53. The summed E-state index contributed by atoms with van der Waals surface area (Å²) in [4.78, 5) is 2.63. The monoisotopic (exact) mass is 211 g/mol. The van der Waals surface area contributed by atoms with Crippen molar-refractivity contribution in [3.8, 4) is 0 Å². The second-order valence-electron chi connectivity index (χ2n) is 5.53. The first-order valence-corrected chi connectivity index (χ1v) is 6.68. The summed E-state index contributed by atoms with van der Waals surface area (Å²) in [6, 6.07) is 0.822. The minimum atomic E-state index is -0.0223. The van der Waals surface area contributed by atoms with E-state index in [0.717, 1.165) is 37.9 Å². The topological polar surface area (TPSA) is 23.5 Å². The number of likely N-dealkylation sites (tertiary alicyclic amines) is 1. The lowest BCUT2D eigenvalue weighted by Crippen LogP contribution is -2.42. The third kappa shape index (κ3) is 3.18. The van der Waals surface area contributed by atoms with Crippen LogP contribution in [0.25, 0.3) is 0 Å². The van der Waals surface area contributed by atoms with Crippen molar-refractivity contribution in [2.24, 2.45) is 5.92 Å².